The van der Waals surface area contributed by atoms with Crippen LogP contribution in [0.15, 0.2) is 48.5 Å². The molecule has 1 unspecified atom stereocenters. The van der Waals surface area contributed by atoms with E-state index < -0.39 is 11.9 Å². The van der Waals surface area contributed by atoms with Gasteiger partial charge >= 0.3 is 5.97 Å². The smallest absolute Gasteiger partial charge is 0.311 e. The monoisotopic (exact) mass is 274 g/mol. The Morgan fingerprint density at radius 1 is 1.21 bits per heavy atom. The van der Waals surface area contributed by atoms with Crippen molar-refractivity contribution in [1.29, 1.82) is 0 Å². The molecule has 0 heterocycles. The van der Waals surface area contributed by atoms with Gasteiger partial charge in [-0.25, -0.2) is 0 Å². The third-order valence-electron chi connectivity index (χ3n) is 3.10. The molecule has 0 saturated carbocycles. The summed E-state index contributed by atoms with van der Waals surface area (Å²) in [5.74, 6) is -1.47. The minimum atomic E-state index is -0.852. The molecule has 1 atom stereocenters. The first-order valence-electron chi connectivity index (χ1n) is 6.10. The molecule has 2 rings (SSSR count). The maximum atomic E-state index is 11.5. The van der Waals surface area contributed by atoms with E-state index in [4.69, 9.17) is 11.6 Å². The Morgan fingerprint density at radius 2 is 1.95 bits per heavy atom. The van der Waals surface area contributed by atoms with Crippen LogP contribution in [0.2, 0.25) is 5.02 Å². The van der Waals surface area contributed by atoms with Crippen LogP contribution in [-0.4, -0.2) is 11.1 Å². The van der Waals surface area contributed by atoms with Gasteiger partial charge in [-0.1, -0.05) is 59.6 Å². The summed E-state index contributed by atoms with van der Waals surface area (Å²) in [6, 6.07) is 15.0. The Kier molecular flexibility index (Phi) is 4.23. The second-order valence-electron chi connectivity index (χ2n) is 4.61. The average Bonchev–Trinajstić information content (AvgIpc) is 2.37. The van der Waals surface area contributed by atoms with Crippen LogP contribution in [0, 0.1) is 6.92 Å². The average molecular weight is 275 g/mol. The molecule has 98 valence electrons. The summed E-state index contributed by atoms with van der Waals surface area (Å²) in [4.78, 5) is 11.5. The summed E-state index contributed by atoms with van der Waals surface area (Å²) in [7, 11) is 0. The van der Waals surface area contributed by atoms with Gasteiger partial charge in [-0.2, -0.15) is 0 Å². The molecule has 3 heteroatoms. The van der Waals surface area contributed by atoms with Crippen LogP contribution < -0.4 is 0 Å². The van der Waals surface area contributed by atoms with Crippen molar-refractivity contribution in [1.82, 2.24) is 0 Å². The number of aliphatic carboxylic acids is 1. The number of carboxylic acids is 1. The van der Waals surface area contributed by atoms with Gasteiger partial charge in [0.25, 0.3) is 0 Å². The topological polar surface area (TPSA) is 37.3 Å². The first kappa shape index (κ1) is 13.6. The van der Waals surface area contributed by atoms with E-state index >= 15 is 0 Å². The SMILES string of the molecule is Cc1cccc(CC(C(=O)O)c2ccccc2Cl)c1. The predicted octanol–water partition coefficient (Wildman–Crippen LogP) is 4.06. The van der Waals surface area contributed by atoms with E-state index in [0.29, 0.717) is 17.0 Å². The van der Waals surface area contributed by atoms with Gasteiger partial charge in [0.15, 0.2) is 0 Å². The van der Waals surface area contributed by atoms with E-state index in [2.05, 4.69) is 0 Å². The molecule has 0 spiro atoms. The van der Waals surface area contributed by atoms with Gasteiger partial charge in [-0.05, 0) is 30.5 Å². The van der Waals surface area contributed by atoms with Crippen LogP contribution in [0.25, 0.3) is 0 Å². The highest BCUT2D eigenvalue weighted by atomic mass is 35.5. The normalized spacial score (nSPS) is 12.1. The molecule has 2 nitrogen and oxygen atoms in total. The fourth-order valence-electron chi connectivity index (χ4n) is 2.16. The zero-order valence-corrected chi connectivity index (χ0v) is 11.4. The van der Waals surface area contributed by atoms with Crippen molar-refractivity contribution in [3.8, 4) is 0 Å². The fourth-order valence-corrected chi connectivity index (χ4v) is 2.43. The van der Waals surface area contributed by atoms with Crippen LogP contribution in [-0.2, 0) is 11.2 Å². The number of hydrogen-bond donors (Lipinski definition) is 1. The lowest BCUT2D eigenvalue weighted by molar-refractivity contribution is -0.138. The third kappa shape index (κ3) is 3.36. The molecule has 0 bridgehead atoms. The highest BCUT2D eigenvalue weighted by Crippen LogP contribution is 2.28. The van der Waals surface area contributed by atoms with Crippen molar-refractivity contribution in [2.24, 2.45) is 0 Å². The molecule has 2 aromatic rings. The van der Waals surface area contributed by atoms with Gasteiger partial charge in [0.05, 0.1) is 5.92 Å². The number of carboxylic acid groups (broad SMARTS) is 1. The molecule has 2 aromatic carbocycles. The number of benzene rings is 2. The minimum absolute atomic E-state index is 0.445. The molecule has 0 saturated heterocycles. The Hall–Kier alpha value is -1.80. The maximum Gasteiger partial charge on any atom is 0.311 e. The van der Waals surface area contributed by atoms with Crippen molar-refractivity contribution in [3.05, 3.63) is 70.2 Å². The van der Waals surface area contributed by atoms with Gasteiger partial charge in [-0.3, -0.25) is 4.79 Å². The van der Waals surface area contributed by atoms with Gasteiger partial charge < -0.3 is 5.11 Å². The van der Waals surface area contributed by atoms with Crippen molar-refractivity contribution in [2.45, 2.75) is 19.3 Å². The van der Waals surface area contributed by atoms with Crippen molar-refractivity contribution >= 4 is 17.6 Å². The highest BCUT2D eigenvalue weighted by Gasteiger charge is 2.22. The first-order valence-corrected chi connectivity index (χ1v) is 6.48. The lowest BCUT2D eigenvalue weighted by atomic mass is 9.91. The van der Waals surface area contributed by atoms with Gasteiger partial charge in [0, 0.05) is 5.02 Å². The summed E-state index contributed by atoms with van der Waals surface area (Å²) >= 11 is 6.10. The number of carbonyl (C=O) groups is 1. The van der Waals surface area contributed by atoms with E-state index in [1.807, 2.05) is 37.3 Å². The summed E-state index contributed by atoms with van der Waals surface area (Å²) < 4.78 is 0. The molecule has 0 aliphatic rings. The third-order valence-corrected chi connectivity index (χ3v) is 3.45. The second kappa shape index (κ2) is 5.89. The molecule has 0 aliphatic heterocycles. The molecule has 0 aromatic heterocycles. The van der Waals surface area contributed by atoms with Gasteiger partial charge in [0.2, 0.25) is 0 Å². The van der Waals surface area contributed by atoms with Crippen LogP contribution in [0.3, 0.4) is 0 Å². The summed E-state index contributed by atoms with van der Waals surface area (Å²) in [6.07, 6.45) is 0.445. The number of hydrogen-bond acceptors (Lipinski definition) is 1. The summed E-state index contributed by atoms with van der Waals surface area (Å²) in [5.41, 5.74) is 2.80. The van der Waals surface area contributed by atoms with Crippen molar-refractivity contribution in [3.63, 3.8) is 0 Å². The van der Waals surface area contributed by atoms with Crippen LogP contribution in [0.1, 0.15) is 22.6 Å². The molecule has 1 N–H and O–H groups in total. The molecule has 19 heavy (non-hydrogen) atoms. The maximum absolute atomic E-state index is 11.5. The van der Waals surface area contributed by atoms with E-state index in [0.717, 1.165) is 11.1 Å². The number of halogens is 1. The lowest BCUT2D eigenvalue weighted by Gasteiger charge is -2.14. The molecule has 0 radical (unpaired) electrons. The van der Waals surface area contributed by atoms with Crippen molar-refractivity contribution < 1.29 is 9.90 Å². The highest BCUT2D eigenvalue weighted by molar-refractivity contribution is 6.31. The van der Waals surface area contributed by atoms with Crippen LogP contribution >= 0.6 is 11.6 Å². The standard InChI is InChI=1S/C16H15ClO2/c1-11-5-4-6-12(9-11)10-14(16(18)19)13-7-2-3-8-15(13)17/h2-9,14H,10H2,1H3,(H,18,19). The zero-order valence-electron chi connectivity index (χ0n) is 10.6. The number of aryl methyl sites for hydroxylation is 1. The van der Waals surface area contributed by atoms with Crippen LogP contribution in [0.4, 0.5) is 0 Å². The molecule has 0 amide bonds. The van der Waals surface area contributed by atoms with Crippen molar-refractivity contribution in [2.75, 3.05) is 0 Å². The quantitative estimate of drug-likeness (QED) is 0.913. The Morgan fingerprint density at radius 3 is 2.58 bits per heavy atom. The molecular weight excluding hydrogens is 260 g/mol. The predicted molar refractivity (Wildman–Crippen MR) is 76.7 cm³/mol. The van der Waals surface area contributed by atoms with E-state index in [-0.39, 0.29) is 0 Å². The fraction of sp³-hybridized carbons (Fsp3) is 0.188. The molecule has 0 fully saturated rings. The first-order chi connectivity index (χ1) is 9.08. The Bertz CT molecular complexity index is 593. The second-order valence-corrected chi connectivity index (χ2v) is 5.01. The zero-order chi connectivity index (χ0) is 13.8. The van der Waals surface area contributed by atoms with Crippen LogP contribution in [0.5, 0.6) is 0 Å². The van der Waals surface area contributed by atoms with Gasteiger partial charge in [-0.15, -0.1) is 0 Å². The lowest BCUT2D eigenvalue weighted by Crippen LogP contribution is -2.15. The van der Waals surface area contributed by atoms with Gasteiger partial charge in [0.1, 0.15) is 0 Å². The summed E-state index contributed by atoms with van der Waals surface area (Å²) in [6.45, 7) is 1.99. The van der Waals surface area contributed by atoms with E-state index in [1.54, 1.807) is 18.2 Å². The molecule has 0 aliphatic carbocycles. The summed E-state index contributed by atoms with van der Waals surface area (Å²) in [5, 5.41) is 9.93. The van der Waals surface area contributed by atoms with E-state index in [1.165, 1.54) is 0 Å². The Labute approximate surface area is 117 Å². The minimum Gasteiger partial charge on any atom is -0.481 e. The number of rotatable bonds is 4. The Balaban J connectivity index is 2.32. The largest absolute Gasteiger partial charge is 0.481 e. The molecular formula is C16H15ClO2. The van der Waals surface area contributed by atoms with E-state index in [9.17, 15) is 9.90 Å².